The zero-order valence-electron chi connectivity index (χ0n) is 19.2. The lowest BCUT2D eigenvalue weighted by molar-refractivity contribution is -0.145. The number of methoxy groups -OCH3 is 1. The molecule has 0 aliphatic heterocycles. The van der Waals surface area contributed by atoms with Crippen LogP contribution >= 0.6 is 0 Å². The minimum Gasteiger partial charge on any atom is -0.467 e. The highest BCUT2D eigenvalue weighted by molar-refractivity contribution is 5.95. The summed E-state index contributed by atoms with van der Waals surface area (Å²) in [6.07, 6.45) is -7.47. The van der Waals surface area contributed by atoms with Crippen molar-refractivity contribution in [1.82, 2.24) is 20.6 Å². The van der Waals surface area contributed by atoms with Gasteiger partial charge < -0.3 is 25.7 Å². The summed E-state index contributed by atoms with van der Waals surface area (Å²) in [6.45, 7) is 3.05. The lowest BCUT2D eigenvalue weighted by Crippen LogP contribution is -2.55. The van der Waals surface area contributed by atoms with Crippen molar-refractivity contribution in [1.29, 1.82) is 0 Å². The van der Waals surface area contributed by atoms with Crippen LogP contribution in [0.4, 0.5) is 36.8 Å². The Kier molecular flexibility index (Phi) is 8.94. The van der Waals surface area contributed by atoms with Gasteiger partial charge in [-0.2, -0.15) is 26.3 Å². The van der Waals surface area contributed by atoms with Gasteiger partial charge in [-0.05, 0) is 24.1 Å². The number of alkyl halides is 6. The number of benzene rings is 1. The van der Waals surface area contributed by atoms with E-state index in [1.165, 1.54) is 26.4 Å². The quantitative estimate of drug-likeness (QED) is 0.312. The molecule has 0 spiro atoms. The van der Waals surface area contributed by atoms with Gasteiger partial charge in [-0.1, -0.05) is 13.8 Å². The number of anilines is 1. The van der Waals surface area contributed by atoms with Gasteiger partial charge in [0.1, 0.15) is 12.1 Å². The molecule has 1 aromatic heterocycles. The molecular weight excluding hydrogens is 500 g/mol. The number of nitrogens with one attached hydrogen (secondary N) is 4. The summed E-state index contributed by atoms with van der Waals surface area (Å²) in [5.74, 6) is -2.22. The second kappa shape index (κ2) is 11.3. The molecule has 2 aromatic rings. The monoisotopic (exact) mass is 523 g/mol. The zero-order valence-corrected chi connectivity index (χ0v) is 19.2. The maximum Gasteiger partial charge on any atom is 0.416 e. The molecule has 0 fully saturated rings. The fraction of sp³-hybridized carbons (Fsp3) is 0.429. The number of nitrogens with zero attached hydrogens (tertiary/aromatic N) is 1. The summed E-state index contributed by atoms with van der Waals surface area (Å²) in [5, 5.41) is 6.51. The maximum absolute atomic E-state index is 13.1. The summed E-state index contributed by atoms with van der Waals surface area (Å²) in [5.41, 5.74) is -3.54. The van der Waals surface area contributed by atoms with E-state index >= 15 is 0 Å². The van der Waals surface area contributed by atoms with E-state index < -0.39 is 65.1 Å². The Morgan fingerprint density at radius 1 is 1.00 bits per heavy atom. The first-order chi connectivity index (χ1) is 16.6. The number of aromatic nitrogens is 2. The number of esters is 1. The van der Waals surface area contributed by atoms with Gasteiger partial charge in [-0.15, -0.1) is 0 Å². The van der Waals surface area contributed by atoms with Crippen molar-refractivity contribution in [2.45, 2.75) is 44.7 Å². The van der Waals surface area contributed by atoms with Crippen molar-refractivity contribution in [2.75, 3.05) is 12.4 Å². The van der Waals surface area contributed by atoms with E-state index in [1.54, 1.807) is 0 Å². The molecule has 0 bridgehead atoms. The van der Waals surface area contributed by atoms with Crippen LogP contribution in [0.25, 0.3) is 0 Å². The van der Waals surface area contributed by atoms with Crippen molar-refractivity contribution in [2.24, 2.45) is 5.92 Å². The number of halogens is 6. The van der Waals surface area contributed by atoms with Crippen LogP contribution in [-0.4, -0.2) is 47.1 Å². The number of hydrogen-bond acceptors (Lipinski definition) is 5. The van der Waals surface area contributed by atoms with E-state index in [-0.39, 0.29) is 12.5 Å². The van der Waals surface area contributed by atoms with Gasteiger partial charge in [0.25, 0.3) is 0 Å². The molecule has 2 rings (SSSR count). The van der Waals surface area contributed by atoms with E-state index in [9.17, 15) is 40.7 Å². The average molecular weight is 523 g/mol. The lowest BCUT2D eigenvalue weighted by Gasteiger charge is -2.24. The molecule has 9 nitrogen and oxygen atoms in total. The highest BCUT2D eigenvalue weighted by Gasteiger charge is 2.37. The first-order valence-electron chi connectivity index (χ1n) is 10.3. The third-order valence-electron chi connectivity index (χ3n) is 4.86. The minimum atomic E-state index is -5.11. The van der Waals surface area contributed by atoms with Crippen LogP contribution in [0.2, 0.25) is 0 Å². The summed E-state index contributed by atoms with van der Waals surface area (Å²) < 4.78 is 83.0. The Balaban J connectivity index is 2.20. The Morgan fingerprint density at radius 2 is 1.58 bits per heavy atom. The van der Waals surface area contributed by atoms with Crippen LogP contribution in [0.5, 0.6) is 0 Å². The molecule has 0 saturated carbocycles. The summed E-state index contributed by atoms with van der Waals surface area (Å²) in [4.78, 5) is 43.9. The second-order valence-electron chi connectivity index (χ2n) is 7.98. The van der Waals surface area contributed by atoms with Crippen LogP contribution in [0.1, 0.15) is 30.7 Å². The zero-order chi connectivity index (χ0) is 27.3. The number of imidazole rings is 1. The Hall–Kier alpha value is -3.78. The van der Waals surface area contributed by atoms with Crippen LogP contribution in [0.15, 0.2) is 30.7 Å². The number of carbonyl (C=O) groups excluding carboxylic acids is 3. The maximum atomic E-state index is 13.1. The van der Waals surface area contributed by atoms with E-state index in [0.29, 0.717) is 17.8 Å². The summed E-state index contributed by atoms with van der Waals surface area (Å²) in [7, 11) is 1.10. The molecule has 3 amide bonds. The molecule has 0 aliphatic carbocycles. The first kappa shape index (κ1) is 28.5. The van der Waals surface area contributed by atoms with Crippen molar-refractivity contribution < 1.29 is 45.5 Å². The number of amides is 3. The fourth-order valence-electron chi connectivity index (χ4n) is 3.08. The largest absolute Gasteiger partial charge is 0.467 e. The molecular formula is C21H23F6N5O4. The topological polar surface area (TPSA) is 125 Å². The first-order valence-corrected chi connectivity index (χ1v) is 10.3. The third-order valence-corrected chi connectivity index (χ3v) is 4.86. The number of urea groups is 1. The molecule has 36 heavy (non-hydrogen) atoms. The van der Waals surface area contributed by atoms with Crippen molar-refractivity contribution >= 4 is 23.6 Å². The van der Waals surface area contributed by atoms with E-state index in [0.717, 1.165) is 7.11 Å². The highest BCUT2D eigenvalue weighted by Crippen LogP contribution is 2.37. The number of aromatic amines is 1. The van der Waals surface area contributed by atoms with Gasteiger partial charge in [-0.25, -0.2) is 14.6 Å². The van der Waals surface area contributed by atoms with E-state index in [2.05, 4.69) is 25.3 Å². The standard InChI is InChI=1S/C21H23F6N5O4/c1-10(2)16(17(33)31-15(18(34)36-3)7-14-8-28-9-29-14)32-19(35)30-13-5-11(20(22,23)24)4-12(6-13)21(25,26)27/h4-6,8-10,15-16H,7H2,1-3H3,(H,28,29)(H,31,33)(H2,30,32,35)/t15-,16-/m0/s1. The van der Waals surface area contributed by atoms with Crippen molar-refractivity contribution in [3.8, 4) is 0 Å². The van der Waals surface area contributed by atoms with Crippen LogP contribution < -0.4 is 16.0 Å². The fourth-order valence-corrected chi connectivity index (χ4v) is 3.08. The lowest BCUT2D eigenvalue weighted by atomic mass is 10.0. The predicted molar refractivity (Wildman–Crippen MR) is 113 cm³/mol. The predicted octanol–water partition coefficient (Wildman–Crippen LogP) is 3.49. The third kappa shape index (κ3) is 7.88. The summed E-state index contributed by atoms with van der Waals surface area (Å²) in [6, 6.07) is -3.15. The molecule has 15 heteroatoms. The number of carbonyl (C=O) groups is 3. The van der Waals surface area contributed by atoms with Gasteiger partial charge in [0.05, 0.1) is 24.6 Å². The molecule has 1 heterocycles. The smallest absolute Gasteiger partial charge is 0.416 e. The number of ether oxygens (including phenoxy) is 1. The molecule has 0 radical (unpaired) electrons. The molecule has 0 unspecified atom stereocenters. The molecule has 0 aliphatic rings. The molecule has 0 saturated heterocycles. The van der Waals surface area contributed by atoms with E-state index in [4.69, 9.17) is 0 Å². The number of hydrogen-bond donors (Lipinski definition) is 4. The van der Waals surface area contributed by atoms with Crippen molar-refractivity contribution in [3.63, 3.8) is 0 Å². The van der Waals surface area contributed by atoms with Crippen LogP contribution in [0, 0.1) is 5.92 Å². The van der Waals surface area contributed by atoms with Gasteiger partial charge in [0.15, 0.2) is 0 Å². The van der Waals surface area contributed by atoms with Crippen LogP contribution in [-0.2, 0) is 33.1 Å². The van der Waals surface area contributed by atoms with Gasteiger partial charge in [0.2, 0.25) is 5.91 Å². The van der Waals surface area contributed by atoms with Crippen molar-refractivity contribution in [3.05, 3.63) is 47.5 Å². The molecule has 2 atom stereocenters. The normalized spacial score (nSPS) is 13.6. The molecule has 4 N–H and O–H groups in total. The van der Waals surface area contributed by atoms with Gasteiger partial charge in [-0.3, -0.25) is 4.79 Å². The Bertz CT molecular complexity index is 1040. The number of H-pyrrole nitrogens is 1. The highest BCUT2D eigenvalue weighted by atomic mass is 19.4. The van der Waals surface area contributed by atoms with E-state index in [1.807, 2.05) is 5.32 Å². The Labute approximate surface area is 201 Å². The van der Waals surface area contributed by atoms with Gasteiger partial charge >= 0.3 is 24.4 Å². The Morgan fingerprint density at radius 3 is 2.03 bits per heavy atom. The van der Waals surface area contributed by atoms with Gasteiger partial charge in [0, 0.05) is 24.0 Å². The SMILES string of the molecule is COC(=O)[C@H](Cc1cnc[nH]1)NC(=O)[C@@H](NC(=O)Nc1cc(C(F)(F)F)cc(C(F)(F)F)c1)C(C)C. The summed E-state index contributed by atoms with van der Waals surface area (Å²) >= 11 is 0. The molecule has 198 valence electrons. The second-order valence-corrected chi connectivity index (χ2v) is 7.98. The average Bonchev–Trinajstić information content (AvgIpc) is 3.27. The number of rotatable bonds is 8. The van der Waals surface area contributed by atoms with Crippen LogP contribution in [0.3, 0.4) is 0 Å². The minimum absolute atomic E-state index is 0.0279. The molecule has 1 aromatic carbocycles.